The van der Waals surface area contributed by atoms with E-state index in [4.69, 9.17) is 4.74 Å². The van der Waals surface area contributed by atoms with Gasteiger partial charge in [-0.25, -0.2) is 13.1 Å². The summed E-state index contributed by atoms with van der Waals surface area (Å²) in [5, 5.41) is 9.12. The predicted octanol–water partition coefficient (Wildman–Crippen LogP) is 5.94. The summed E-state index contributed by atoms with van der Waals surface area (Å²) in [6.45, 7) is 7.58. The van der Waals surface area contributed by atoms with Crippen LogP contribution in [0.25, 0.3) is 5.69 Å². The van der Waals surface area contributed by atoms with Crippen molar-refractivity contribution in [2.45, 2.75) is 39.1 Å². The third-order valence-corrected chi connectivity index (χ3v) is 7.92. The molecule has 5 aromatic rings. The maximum Gasteiger partial charge on any atom is 0.265 e. The van der Waals surface area contributed by atoms with Crippen molar-refractivity contribution in [3.63, 3.8) is 0 Å². The molecular formula is C29H29N5O3S. The van der Waals surface area contributed by atoms with Gasteiger partial charge in [0.15, 0.2) is 0 Å². The molecule has 1 N–H and O–H groups in total. The highest BCUT2D eigenvalue weighted by Gasteiger charge is 2.27. The summed E-state index contributed by atoms with van der Waals surface area (Å²) < 4.78 is 39.3. The number of aromatic nitrogens is 4. The highest BCUT2D eigenvalue weighted by atomic mass is 32.2. The van der Waals surface area contributed by atoms with E-state index < -0.39 is 10.0 Å². The summed E-state index contributed by atoms with van der Waals surface area (Å²) in [6, 6.07) is 26.8. The lowest BCUT2D eigenvalue weighted by atomic mass is 10.2. The Bertz CT molecular complexity index is 1690. The van der Waals surface area contributed by atoms with Gasteiger partial charge in [-0.1, -0.05) is 48.5 Å². The first-order valence-electron chi connectivity index (χ1n) is 12.2. The van der Waals surface area contributed by atoms with Crippen molar-refractivity contribution < 1.29 is 13.2 Å². The first-order valence-corrected chi connectivity index (χ1v) is 13.7. The van der Waals surface area contributed by atoms with Gasteiger partial charge in [0, 0.05) is 0 Å². The van der Waals surface area contributed by atoms with Gasteiger partial charge in [0.1, 0.15) is 16.4 Å². The van der Waals surface area contributed by atoms with Crippen LogP contribution < -0.4 is 9.46 Å². The van der Waals surface area contributed by atoms with E-state index in [1.165, 1.54) is 0 Å². The van der Waals surface area contributed by atoms with E-state index in [1.807, 2.05) is 91.9 Å². The third-order valence-electron chi connectivity index (χ3n) is 6.32. The fourth-order valence-corrected chi connectivity index (χ4v) is 6.10. The average molecular weight is 528 g/mol. The topological polar surface area (TPSA) is 91.0 Å². The van der Waals surface area contributed by atoms with Gasteiger partial charge in [-0.15, -0.1) is 0 Å². The molecule has 0 aliphatic carbocycles. The molecule has 9 heteroatoms. The van der Waals surface area contributed by atoms with Crippen LogP contribution in [0.4, 0.5) is 5.69 Å². The standard InChI is InChI=1S/C29H29N5O3S/c1-20-28(32-38(35,36)29-21(2)31-34(23(29)4)25-13-7-5-8-14-25)22(3)33(30-20)19-24-12-11-17-27(18-24)37-26-15-9-6-10-16-26/h5-18,32H,19H2,1-4H3. The Morgan fingerprint density at radius 3 is 2.13 bits per heavy atom. The summed E-state index contributed by atoms with van der Waals surface area (Å²) in [4.78, 5) is 0.165. The zero-order valence-corrected chi connectivity index (χ0v) is 22.5. The van der Waals surface area contributed by atoms with Crippen LogP contribution >= 0.6 is 0 Å². The molecule has 5 rings (SSSR count). The summed E-state index contributed by atoms with van der Waals surface area (Å²) >= 11 is 0. The van der Waals surface area contributed by atoms with Crippen molar-refractivity contribution in [3.05, 3.63) is 113 Å². The van der Waals surface area contributed by atoms with E-state index >= 15 is 0 Å². The van der Waals surface area contributed by atoms with Crippen molar-refractivity contribution in [1.29, 1.82) is 0 Å². The Morgan fingerprint density at radius 1 is 0.763 bits per heavy atom. The lowest BCUT2D eigenvalue weighted by Gasteiger charge is -2.11. The van der Waals surface area contributed by atoms with E-state index in [1.54, 1.807) is 30.1 Å². The molecule has 0 radical (unpaired) electrons. The van der Waals surface area contributed by atoms with E-state index in [-0.39, 0.29) is 4.90 Å². The van der Waals surface area contributed by atoms with E-state index in [9.17, 15) is 8.42 Å². The molecule has 2 aromatic heterocycles. The number of anilines is 1. The van der Waals surface area contributed by atoms with Crippen molar-refractivity contribution in [1.82, 2.24) is 19.6 Å². The number of nitrogens with zero attached hydrogens (tertiary/aromatic N) is 4. The molecule has 2 heterocycles. The van der Waals surface area contributed by atoms with Gasteiger partial charge in [0.2, 0.25) is 0 Å². The number of benzene rings is 3. The van der Waals surface area contributed by atoms with Crippen LogP contribution in [0.5, 0.6) is 11.5 Å². The molecule has 0 atom stereocenters. The first kappa shape index (κ1) is 25.3. The van der Waals surface area contributed by atoms with Crippen molar-refractivity contribution >= 4 is 15.7 Å². The fraction of sp³-hybridized carbons (Fsp3) is 0.172. The van der Waals surface area contributed by atoms with Gasteiger partial charge in [-0.3, -0.25) is 9.40 Å². The van der Waals surface area contributed by atoms with Crippen LogP contribution in [0.15, 0.2) is 89.8 Å². The molecule has 0 saturated carbocycles. The molecule has 0 spiro atoms. The minimum Gasteiger partial charge on any atom is -0.457 e. The second-order valence-corrected chi connectivity index (χ2v) is 10.7. The number of sulfonamides is 1. The monoisotopic (exact) mass is 527 g/mol. The van der Waals surface area contributed by atoms with Crippen molar-refractivity contribution in [2.24, 2.45) is 0 Å². The van der Waals surface area contributed by atoms with Gasteiger partial charge < -0.3 is 4.74 Å². The zero-order valence-electron chi connectivity index (χ0n) is 21.7. The molecule has 0 aliphatic heterocycles. The SMILES string of the molecule is Cc1nn(Cc2cccc(Oc3ccccc3)c2)c(C)c1NS(=O)(=O)c1c(C)nn(-c2ccccc2)c1C. The normalized spacial score (nSPS) is 11.5. The maximum atomic E-state index is 13.6. The van der Waals surface area contributed by atoms with Crippen molar-refractivity contribution in [3.8, 4) is 17.2 Å². The van der Waals surface area contributed by atoms with Crippen LogP contribution in [0, 0.1) is 27.7 Å². The lowest BCUT2D eigenvalue weighted by molar-refractivity contribution is 0.481. The molecule has 3 aromatic carbocycles. The second kappa shape index (κ2) is 10.2. The smallest absolute Gasteiger partial charge is 0.265 e. The van der Waals surface area contributed by atoms with Gasteiger partial charge in [0.05, 0.1) is 40.7 Å². The predicted molar refractivity (Wildman–Crippen MR) is 148 cm³/mol. The number of ether oxygens (including phenoxy) is 1. The Balaban J connectivity index is 1.40. The third kappa shape index (κ3) is 5.05. The number of nitrogens with one attached hydrogen (secondary N) is 1. The Morgan fingerprint density at radius 2 is 1.42 bits per heavy atom. The molecule has 0 aliphatic rings. The number of para-hydroxylation sites is 2. The number of aryl methyl sites for hydroxylation is 2. The van der Waals surface area contributed by atoms with Gasteiger partial charge in [-0.05, 0) is 69.7 Å². The van der Waals surface area contributed by atoms with Gasteiger partial charge in [0.25, 0.3) is 10.0 Å². The molecule has 0 bridgehead atoms. The molecule has 0 unspecified atom stereocenters. The Labute approximate surface area is 222 Å². The Kier molecular flexibility index (Phi) is 6.77. The molecule has 194 valence electrons. The zero-order chi connectivity index (χ0) is 26.9. The minimum atomic E-state index is -3.91. The van der Waals surface area contributed by atoms with Crippen LogP contribution in [0.3, 0.4) is 0 Å². The summed E-state index contributed by atoms with van der Waals surface area (Å²) in [5.41, 5.74) is 4.52. The van der Waals surface area contributed by atoms with Gasteiger partial charge in [-0.2, -0.15) is 10.2 Å². The largest absolute Gasteiger partial charge is 0.457 e. The molecule has 0 saturated heterocycles. The minimum absolute atomic E-state index is 0.165. The van der Waals surface area contributed by atoms with Crippen LogP contribution in [0.2, 0.25) is 0 Å². The van der Waals surface area contributed by atoms with E-state index in [0.717, 1.165) is 22.7 Å². The highest BCUT2D eigenvalue weighted by molar-refractivity contribution is 7.92. The highest BCUT2D eigenvalue weighted by Crippen LogP contribution is 2.29. The number of hydrogen-bond acceptors (Lipinski definition) is 5. The molecule has 0 amide bonds. The first-order chi connectivity index (χ1) is 18.2. The van der Waals surface area contributed by atoms with Gasteiger partial charge >= 0.3 is 0 Å². The van der Waals surface area contributed by atoms with Crippen LogP contribution in [-0.2, 0) is 16.6 Å². The number of hydrogen-bond donors (Lipinski definition) is 1. The molecule has 0 fully saturated rings. The molecule has 8 nitrogen and oxygen atoms in total. The summed E-state index contributed by atoms with van der Waals surface area (Å²) in [6.07, 6.45) is 0. The molecule has 38 heavy (non-hydrogen) atoms. The Hall–Kier alpha value is -4.37. The lowest BCUT2D eigenvalue weighted by Crippen LogP contribution is -2.16. The average Bonchev–Trinajstić information content (AvgIpc) is 3.35. The summed E-state index contributed by atoms with van der Waals surface area (Å²) in [5.74, 6) is 1.48. The van der Waals surface area contributed by atoms with Crippen molar-refractivity contribution in [2.75, 3.05) is 4.72 Å². The molecular weight excluding hydrogens is 498 g/mol. The second-order valence-electron chi connectivity index (χ2n) is 9.12. The number of rotatable bonds is 8. The fourth-order valence-electron chi connectivity index (χ4n) is 4.53. The van der Waals surface area contributed by atoms with Crippen LogP contribution in [0.1, 0.15) is 28.3 Å². The quantitative estimate of drug-likeness (QED) is 0.270. The van der Waals surface area contributed by atoms with E-state index in [2.05, 4.69) is 14.9 Å². The van der Waals surface area contributed by atoms with Crippen LogP contribution in [-0.4, -0.2) is 28.0 Å². The maximum absolute atomic E-state index is 13.6. The summed E-state index contributed by atoms with van der Waals surface area (Å²) in [7, 11) is -3.91. The van der Waals surface area contributed by atoms with E-state index in [0.29, 0.717) is 35.0 Å².